The summed E-state index contributed by atoms with van der Waals surface area (Å²) in [5.74, 6) is -0.502. The first kappa shape index (κ1) is 25.2. The minimum absolute atomic E-state index is 0.236. The molecule has 4 heterocycles. The number of ether oxygens (including phenoxy) is 1. The van der Waals surface area contributed by atoms with Gasteiger partial charge in [-0.2, -0.15) is 5.10 Å². The van der Waals surface area contributed by atoms with Gasteiger partial charge < -0.3 is 4.74 Å². The fraction of sp³-hybridized carbons (Fsp3) is 0.103. The van der Waals surface area contributed by atoms with E-state index in [1.807, 2.05) is 84.4 Å². The van der Waals surface area contributed by atoms with Gasteiger partial charge in [-0.3, -0.25) is 9.36 Å². The Labute approximate surface area is 236 Å². The quantitative estimate of drug-likeness (QED) is 0.278. The molecule has 0 aliphatic carbocycles. The molecule has 0 radical (unpaired) electrons. The predicted octanol–water partition coefficient (Wildman–Crippen LogP) is 4.98. The lowest BCUT2D eigenvalue weighted by atomic mass is 10.0. The summed E-state index contributed by atoms with van der Waals surface area (Å²) in [6, 6.07) is 20.4. The van der Waals surface area contributed by atoms with E-state index in [9.17, 15) is 9.59 Å². The second kappa shape index (κ2) is 10.3. The van der Waals surface area contributed by atoms with E-state index in [1.54, 1.807) is 16.2 Å². The van der Waals surface area contributed by atoms with E-state index in [2.05, 4.69) is 4.99 Å². The van der Waals surface area contributed by atoms with Gasteiger partial charge in [-0.05, 0) is 48.7 Å². The Bertz CT molecular complexity index is 1900. The molecule has 1 atom stereocenters. The van der Waals surface area contributed by atoms with Crippen LogP contribution in [0.4, 0.5) is 0 Å². The maximum atomic E-state index is 13.9. The summed E-state index contributed by atoms with van der Waals surface area (Å²) in [6.07, 6.45) is 3.74. The van der Waals surface area contributed by atoms with Gasteiger partial charge >= 0.3 is 5.97 Å². The highest BCUT2D eigenvalue weighted by molar-refractivity contribution is 7.10. The van der Waals surface area contributed by atoms with Gasteiger partial charge in [0.15, 0.2) is 4.80 Å². The van der Waals surface area contributed by atoms with Crippen molar-refractivity contribution < 1.29 is 9.53 Å². The van der Waals surface area contributed by atoms with Crippen LogP contribution in [0.1, 0.15) is 23.4 Å². The lowest BCUT2D eigenvalue weighted by Crippen LogP contribution is -2.39. The van der Waals surface area contributed by atoms with Crippen LogP contribution in [-0.2, 0) is 9.53 Å². The number of aromatic nitrogens is 3. The molecule has 5 aromatic rings. The number of fused-ring (bicyclic) bond motifs is 1. The Balaban J connectivity index is 1.56. The number of hydrogen-bond donors (Lipinski definition) is 0. The molecule has 0 saturated carbocycles. The molecule has 0 fully saturated rings. The fourth-order valence-electron chi connectivity index (χ4n) is 4.59. The Kier molecular flexibility index (Phi) is 6.64. The number of thiazole rings is 1. The Morgan fingerprint density at radius 2 is 1.85 bits per heavy atom. The van der Waals surface area contributed by atoms with Crippen LogP contribution in [0.2, 0.25) is 5.02 Å². The van der Waals surface area contributed by atoms with Crippen LogP contribution in [0.5, 0.6) is 0 Å². The van der Waals surface area contributed by atoms with Crippen molar-refractivity contribution in [3.8, 4) is 16.9 Å². The number of hydrogen-bond acceptors (Lipinski definition) is 7. The molecular weight excluding hydrogens is 552 g/mol. The molecule has 1 unspecified atom stereocenters. The molecule has 3 aromatic heterocycles. The summed E-state index contributed by atoms with van der Waals surface area (Å²) in [7, 11) is 1.34. The first-order chi connectivity index (χ1) is 18.9. The normalized spacial score (nSPS) is 15.3. The number of methoxy groups -OCH3 is 1. The standard InChI is InChI=1S/C29H21ClN4O3S2/c1-17-24(28(36)37-2)26(22-9-6-14-38-22)34-27(35)23(39-29(34)31-17)15-19-16-33(21-7-4-3-5-8-21)32-25(19)18-10-12-20(30)13-11-18/h3-16,26H,1-2H3/b23-15-. The summed E-state index contributed by atoms with van der Waals surface area (Å²) in [6.45, 7) is 1.77. The van der Waals surface area contributed by atoms with Crippen molar-refractivity contribution in [1.29, 1.82) is 0 Å². The van der Waals surface area contributed by atoms with E-state index in [-0.39, 0.29) is 5.56 Å². The second-order valence-electron chi connectivity index (χ2n) is 8.81. The van der Waals surface area contributed by atoms with Crippen molar-refractivity contribution in [2.45, 2.75) is 13.0 Å². The first-order valence-electron chi connectivity index (χ1n) is 12.0. The average molecular weight is 573 g/mol. The molecule has 194 valence electrons. The minimum Gasteiger partial charge on any atom is -0.466 e. The molecule has 0 spiro atoms. The lowest BCUT2D eigenvalue weighted by molar-refractivity contribution is -0.136. The Hall–Kier alpha value is -4.05. The van der Waals surface area contributed by atoms with Gasteiger partial charge in [0.1, 0.15) is 11.7 Å². The van der Waals surface area contributed by atoms with Crippen LogP contribution in [0.25, 0.3) is 23.0 Å². The van der Waals surface area contributed by atoms with Crippen LogP contribution >= 0.6 is 34.3 Å². The molecule has 0 amide bonds. The van der Waals surface area contributed by atoms with Crippen LogP contribution in [-0.4, -0.2) is 27.4 Å². The van der Waals surface area contributed by atoms with E-state index in [0.29, 0.717) is 31.3 Å². The highest BCUT2D eigenvalue weighted by Gasteiger charge is 2.33. The molecule has 1 aliphatic heterocycles. The lowest BCUT2D eigenvalue weighted by Gasteiger charge is -2.22. The summed E-state index contributed by atoms with van der Waals surface area (Å²) < 4.78 is 8.94. The van der Waals surface area contributed by atoms with Crippen LogP contribution in [0, 0.1) is 0 Å². The van der Waals surface area contributed by atoms with Crippen molar-refractivity contribution in [1.82, 2.24) is 14.3 Å². The second-order valence-corrected chi connectivity index (χ2v) is 11.2. The number of esters is 1. The molecule has 0 saturated heterocycles. The smallest absolute Gasteiger partial charge is 0.338 e. The molecule has 2 aromatic carbocycles. The number of benzene rings is 2. The van der Waals surface area contributed by atoms with Crippen LogP contribution < -0.4 is 14.9 Å². The van der Waals surface area contributed by atoms with Crippen LogP contribution in [0.15, 0.2) is 99.4 Å². The van der Waals surface area contributed by atoms with E-state index < -0.39 is 12.0 Å². The van der Waals surface area contributed by atoms with E-state index in [0.717, 1.165) is 21.7 Å². The van der Waals surface area contributed by atoms with Crippen molar-refractivity contribution in [2.75, 3.05) is 7.11 Å². The van der Waals surface area contributed by atoms with Gasteiger partial charge in [-0.15, -0.1) is 11.3 Å². The third kappa shape index (κ3) is 4.58. The van der Waals surface area contributed by atoms with Gasteiger partial charge in [0, 0.05) is 27.2 Å². The SMILES string of the molecule is COC(=O)C1=C(C)N=c2s/c(=C\c3cn(-c4ccccc4)nc3-c3ccc(Cl)cc3)c(=O)n2C1c1cccs1. The van der Waals surface area contributed by atoms with Gasteiger partial charge in [0.2, 0.25) is 0 Å². The Morgan fingerprint density at radius 1 is 1.08 bits per heavy atom. The number of para-hydroxylation sites is 1. The monoisotopic (exact) mass is 572 g/mol. The van der Waals surface area contributed by atoms with Crippen molar-refractivity contribution in [2.24, 2.45) is 4.99 Å². The zero-order valence-electron chi connectivity index (χ0n) is 20.9. The third-order valence-electron chi connectivity index (χ3n) is 6.41. The highest BCUT2D eigenvalue weighted by Crippen LogP contribution is 2.33. The molecule has 0 N–H and O–H groups in total. The van der Waals surface area contributed by atoms with Crippen LogP contribution in [0.3, 0.4) is 0 Å². The van der Waals surface area contributed by atoms with E-state index >= 15 is 0 Å². The largest absolute Gasteiger partial charge is 0.466 e. The topological polar surface area (TPSA) is 78.5 Å². The van der Waals surface area contributed by atoms with Crippen molar-refractivity contribution in [3.05, 3.63) is 125 Å². The van der Waals surface area contributed by atoms with E-state index in [1.165, 1.54) is 29.8 Å². The number of carbonyl (C=O) groups excluding carboxylic acids is 1. The van der Waals surface area contributed by atoms with Gasteiger partial charge in [-0.25, -0.2) is 14.5 Å². The number of halogens is 1. The molecule has 10 heteroatoms. The summed E-state index contributed by atoms with van der Waals surface area (Å²) in [5, 5.41) is 7.40. The average Bonchev–Trinajstić information content (AvgIpc) is 3.69. The first-order valence-corrected chi connectivity index (χ1v) is 14.1. The highest BCUT2D eigenvalue weighted by atomic mass is 35.5. The Morgan fingerprint density at radius 3 is 2.54 bits per heavy atom. The summed E-state index contributed by atoms with van der Waals surface area (Å²) in [4.78, 5) is 32.7. The molecule has 0 bridgehead atoms. The van der Waals surface area contributed by atoms with Gasteiger partial charge in [0.05, 0.1) is 28.6 Å². The zero-order valence-corrected chi connectivity index (χ0v) is 23.3. The molecule has 6 rings (SSSR count). The minimum atomic E-state index is -0.612. The molecule has 39 heavy (non-hydrogen) atoms. The molecule has 1 aliphatic rings. The summed E-state index contributed by atoms with van der Waals surface area (Å²) >= 11 is 8.90. The number of allylic oxidation sites excluding steroid dienone is 1. The maximum Gasteiger partial charge on any atom is 0.338 e. The van der Waals surface area contributed by atoms with Crippen molar-refractivity contribution in [3.63, 3.8) is 0 Å². The molecule has 7 nitrogen and oxygen atoms in total. The van der Waals surface area contributed by atoms with Gasteiger partial charge in [-0.1, -0.05) is 59.3 Å². The number of thiophene rings is 1. The van der Waals surface area contributed by atoms with Gasteiger partial charge in [0.25, 0.3) is 5.56 Å². The number of rotatable bonds is 5. The maximum absolute atomic E-state index is 13.9. The third-order valence-corrected chi connectivity index (χ3v) is 8.57. The predicted molar refractivity (Wildman–Crippen MR) is 154 cm³/mol. The summed E-state index contributed by atoms with van der Waals surface area (Å²) in [5.41, 5.74) is 3.90. The number of nitrogens with zero attached hydrogens (tertiary/aromatic N) is 4. The van der Waals surface area contributed by atoms with E-state index in [4.69, 9.17) is 21.4 Å². The number of carbonyl (C=O) groups is 1. The van der Waals surface area contributed by atoms with Crippen molar-refractivity contribution >= 4 is 46.3 Å². The fourth-order valence-corrected chi connectivity index (χ4v) is 6.57. The molecular formula is C29H21ClN4O3S2. The zero-order chi connectivity index (χ0) is 27.1.